The van der Waals surface area contributed by atoms with Gasteiger partial charge in [0.2, 0.25) is 0 Å². The van der Waals surface area contributed by atoms with Crippen LogP contribution in [0.2, 0.25) is 0 Å². The third kappa shape index (κ3) is 3.22. The molecular formula is C19H21NO3S. The quantitative estimate of drug-likeness (QED) is 0.838. The molecular weight excluding hydrogens is 322 g/mol. The van der Waals surface area contributed by atoms with Crippen molar-refractivity contribution in [1.29, 1.82) is 0 Å². The zero-order chi connectivity index (χ0) is 17.3. The highest BCUT2D eigenvalue weighted by Gasteiger charge is 2.43. The predicted octanol–water partition coefficient (Wildman–Crippen LogP) is 3.11. The first kappa shape index (κ1) is 16.7. The molecule has 2 aromatic rings. The molecule has 0 aromatic heterocycles. The van der Waals surface area contributed by atoms with E-state index in [0.29, 0.717) is 11.5 Å². The number of sulfone groups is 1. The van der Waals surface area contributed by atoms with Crippen LogP contribution in [0.15, 0.2) is 59.5 Å². The Bertz CT molecular complexity index is 846. The molecule has 24 heavy (non-hydrogen) atoms. The van der Waals surface area contributed by atoms with Gasteiger partial charge in [-0.25, -0.2) is 8.42 Å². The van der Waals surface area contributed by atoms with Gasteiger partial charge in [0.05, 0.1) is 10.6 Å². The fourth-order valence-electron chi connectivity index (χ4n) is 3.01. The summed E-state index contributed by atoms with van der Waals surface area (Å²) in [6, 6.07) is 16.7. The van der Waals surface area contributed by atoms with Crippen molar-refractivity contribution in [3.05, 3.63) is 65.7 Å². The van der Waals surface area contributed by atoms with Gasteiger partial charge in [-0.2, -0.15) is 0 Å². The third-order valence-corrected chi connectivity index (χ3v) is 6.35. The monoisotopic (exact) mass is 343 g/mol. The average Bonchev–Trinajstić information content (AvgIpc) is 3.42. The molecule has 0 radical (unpaired) electrons. The molecule has 5 heteroatoms. The first-order valence-corrected chi connectivity index (χ1v) is 9.74. The van der Waals surface area contributed by atoms with E-state index in [1.54, 1.807) is 37.1 Å². The molecule has 0 spiro atoms. The van der Waals surface area contributed by atoms with E-state index in [0.717, 1.165) is 6.42 Å². The van der Waals surface area contributed by atoms with Gasteiger partial charge in [-0.1, -0.05) is 43.3 Å². The number of hydrogen-bond acceptors (Lipinski definition) is 3. The minimum atomic E-state index is -3.31. The van der Waals surface area contributed by atoms with Crippen LogP contribution in [0, 0.1) is 0 Å². The van der Waals surface area contributed by atoms with Crippen LogP contribution in [-0.2, 0) is 9.84 Å². The average molecular weight is 343 g/mol. The zero-order valence-corrected chi connectivity index (χ0v) is 14.7. The van der Waals surface area contributed by atoms with Crippen molar-refractivity contribution in [2.24, 2.45) is 0 Å². The normalized spacial score (nSPS) is 19.8. The molecule has 0 unspecified atom stereocenters. The molecule has 0 saturated heterocycles. The summed E-state index contributed by atoms with van der Waals surface area (Å²) in [6.45, 7) is 1.60. The van der Waals surface area contributed by atoms with Gasteiger partial charge in [-0.3, -0.25) is 4.79 Å². The summed E-state index contributed by atoms with van der Waals surface area (Å²) >= 11 is 0. The summed E-state index contributed by atoms with van der Waals surface area (Å²) in [4.78, 5) is 14.6. The highest BCUT2D eigenvalue weighted by Crippen LogP contribution is 2.44. The number of amides is 1. The van der Waals surface area contributed by atoms with Gasteiger partial charge in [-0.05, 0) is 30.2 Å². The van der Waals surface area contributed by atoms with E-state index < -0.39 is 9.84 Å². The van der Waals surface area contributed by atoms with Crippen LogP contribution in [0.25, 0.3) is 0 Å². The number of hydrogen-bond donors (Lipinski definition) is 0. The fourth-order valence-corrected chi connectivity index (χ4v) is 3.94. The van der Waals surface area contributed by atoms with Crippen LogP contribution in [0.1, 0.15) is 35.2 Å². The second-order valence-electron chi connectivity index (χ2n) is 6.17. The molecule has 1 amide bonds. The van der Waals surface area contributed by atoms with Crippen molar-refractivity contribution in [3.63, 3.8) is 0 Å². The van der Waals surface area contributed by atoms with E-state index in [2.05, 4.69) is 12.1 Å². The largest absolute Gasteiger partial charge is 0.338 e. The number of likely N-dealkylation sites (N-methyl/N-ethyl adjacent to an activating group) is 1. The summed E-state index contributed by atoms with van der Waals surface area (Å²) < 4.78 is 24.0. The maximum atomic E-state index is 12.7. The first-order valence-electron chi connectivity index (χ1n) is 8.09. The Hall–Kier alpha value is -2.14. The lowest BCUT2D eigenvalue weighted by Crippen LogP contribution is -2.29. The minimum absolute atomic E-state index is 0.0270. The van der Waals surface area contributed by atoms with Crippen LogP contribution >= 0.6 is 0 Å². The Morgan fingerprint density at radius 3 is 2.50 bits per heavy atom. The summed E-state index contributed by atoms with van der Waals surface area (Å²) in [5, 5.41) is 0. The Balaban J connectivity index is 1.77. The maximum Gasteiger partial charge on any atom is 0.253 e. The molecule has 3 rings (SSSR count). The molecule has 126 valence electrons. The van der Waals surface area contributed by atoms with Gasteiger partial charge in [0.1, 0.15) is 0 Å². The lowest BCUT2D eigenvalue weighted by Gasteiger charge is -2.18. The standard InChI is InChI=1S/C19H21NO3S/c1-3-24(22,23)16-11-7-10-15(12-16)19(21)20(2)18-13-17(18)14-8-5-4-6-9-14/h4-12,17-18H,3,13H2,1-2H3/t17-,18+/m0/s1. The Labute approximate surface area is 143 Å². The van der Waals surface area contributed by atoms with Gasteiger partial charge in [0.25, 0.3) is 5.91 Å². The molecule has 2 aromatic carbocycles. The Morgan fingerprint density at radius 2 is 1.83 bits per heavy atom. The molecule has 4 nitrogen and oxygen atoms in total. The van der Waals surface area contributed by atoms with Crippen molar-refractivity contribution >= 4 is 15.7 Å². The number of carbonyl (C=O) groups is 1. The van der Waals surface area contributed by atoms with E-state index in [1.165, 1.54) is 11.6 Å². The highest BCUT2D eigenvalue weighted by molar-refractivity contribution is 7.91. The van der Waals surface area contributed by atoms with Crippen molar-refractivity contribution in [2.45, 2.75) is 30.2 Å². The topological polar surface area (TPSA) is 54.5 Å². The molecule has 0 aliphatic heterocycles. The number of rotatable bonds is 5. The lowest BCUT2D eigenvalue weighted by molar-refractivity contribution is 0.0782. The predicted molar refractivity (Wildman–Crippen MR) is 93.9 cm³/mol. The minimum Gasteiger partial charge on any atom is -0.338 e. The summed E-state index contributed by atoms with van der Waals surface area (Å²) in [7, 11) is -1.52. The van der Waals surface area contributed by atoms with E-state index in [9.17, 15) is 13.2 Å². The molecule has 1 saturated carbocycles. The van der Waals surface area contributed by atoms with Gasteiger partial charge in [0.15, 0.2) is 9.84 Å². The van der Waals surface area contributed by atoms with Crippen LogP contribution in [0.4, 0.5) is 0 Å². The van der Waals surface area contributed by atoms with Crippen molar-refractivity contribution in [2.75, 3.05) is 12.8 Å². The van der Waals surface area contributed by atoms with Crippen LogP contribution in [0.5, 0.6) is 0 Å². The second-order valence-corrected chi connectivity index (χ2v) is 8.45. The van der Waals surface area contributed by atoms with Gasteiger partial charge in [-0.15, -0.1) is 0 Å². The summed E-state index contributed by atoms with van der Waals surface area (Å²) in [5.41, 5.74) is 1.66. The number of nitrogens with zero attached hydrogens (tertiary/aromatic N) is 1. The zero-order valence-electron chi connectivity index (χ0n) is 13.8. The van der Waals surface area contributed by atoms with Gasteiger partial charge >= 0.3 is 0 Å². The highest BCUT2D eigenvalue weighted by atomic mass is 32.2. The van der Waals surface area contributed by atoms with Gasteiger partial charge < -0.3 is 4.90 Å². The van der Waals surface area contributed by atoms with Crippen LogP contribution < -0.4 is 0 Å². The summed E-state index contributed by atoms with van der Waals surface area (Å²) in [5.74, 6) is 0.258. The summed E-state index contributed by atoms with van der Waals surface area (Å²) in [6.07, 6.45) is 0.944. The van der Waals surface area contributed by atoms with Crippen LogP contribution in [0.3, 0.4) is 0 Å². The Morgan fingerprint density at radius 1 is 1.12 bits per heavy atom. The fraction of sp³-hybridized carbons (Fsp3) is 0.316. The maximum absolute atomic E-state index is 12.7. The van der Waals surface area contributed by atoms with E-state index in [4.69, 9.17) is 0 Å². The van der Waals surface area contributed by atoms with E-state index >= 15 is 0 Å². The van der Waals surface area contributed by atoms with Crippen molar-refractivity contribution < 1.29 is 13.2 Å². The molecule has 1 fully saturated rings. The van der Waals surface area contributed by atoms with Crippen LogP contribution in [-0.4, -0.2) is 38.1 Å². The molecule has 1 aliphatic carbocycles. The smallest absolute Gasteiger partial charge is 0.253 e. The third-order valence-electron chi connectivity index (χ3n) is 4.62. The molecule has 0 heterocycles. The lowest BCUT2D eigenvalue weighted by atomic mass is 10.1. The van der Waals surface area contributed by atoms with Crippen molar-refractivity contribution in [1.82, 2.24) is 4.90 Å². The van der Waals surface area contributed by atoms with E-state index in [1.807, 2.05) is 18.2 Å². The molecule has 0 N–H and O–H groups in total. The SMILES string of the molecule is CCS(=O)(=O)c1cccc(C(=O)N(C)[C@@H]2C[C@H]2c2ccccc2)c1. The molecule has 1 aliphatic rings. The Kier molecular flexibility index (Phi) is 4.45. The number of benzene rings is 2. The second kappa shape index (κ2) is 6.40. The molecule has 2 atom stereocenters. The molecule has 0 bridgehead atoms. The first-order chi connectivity index (χ1) is 11.4. The van der Waals surface area contributed by atoms with Crippen molar-refractivity contribution in [3.8, 4) is 0 Å². The number of carbonyl (C=O) groups excluding carboxylic acids is 1. The van der Waals surface area contributed by atoms with Gasteiger partial charge in [0, 0.05) is 24.6 Å². The van der Waals surface area contributed by atoms with E-state index in [-0.39, 0.29) is 22.6 Å².